The zero-order valence-electron chi connectivity index (χ0n) is 10.1. The Morgan fingerprint density at radius 2 is 1.82 bits per heavy atom. The van der Waals surface area contributed by atoms with Crippen LogP contribution < -0.4 is 0 Å². The normalized spacial score (nSPS) is 11.6. The number of allylic oxidation sites excluding steroid dienone is 1. The lowest BCUT2D eigenvalue weighted by Gasteiger charge is -2.06. The van der Waals surface area contributed by atoms with E-state index in [0.717, 1.165) is 0 Å². The van der Waals surface area contributed by atoms with E-state index in [1.807, 2.05) is 13.8 Å². The molecule has 2 N–H and O–H groups in total. The summed E-state index contributed by atoms with van der Waals surface area (Å²) in [6, 6.07) is 0. The van der Waals surface area contributed by atoms with Crippen LogP contribution in [0.1, 0.15) is 20.3 Å². The van der Waals surface area contributed by atoms with Gasteiger partial charge in [-0.25, -0.2) is 9.59 Å². The van der Waals surface area contributed by atoms with E-state index in [4.69, 9.17) is 14.9 Å². The Morgan fingerprint density at radius 1 is 1.24 bits per heavy atom. The van der Waals surface area contributed by atoms with Gasteiger partial charge in [0.15, 0.2) is 0 Å². The van der Waals surface area contributed by atoms with Crippen molar-refractivity contribution in [3.05, 3.63) is 23.8 Å². The van der Waals surface area contributed by atoms with Gasteiger partial charge in [0.25, 0.3) is 0 Å². The predicted molar refractivity (Wildman–Crippen MR) is 62.8 cm³/mol. The molecule has 0 bridgehead atoms. The number of carbonyl (C=O) groups is 2. The van der Waals surface area contributed by atoms with Crippen LogP contribution in [0.4, 0.5) is 0 Å². The van der Waals surface area contributed by atoms with Crippen LogP contribution in [0.25, 0.3) is 0 Å². The lowest BCUT2D eigenvalue weighted by atomic mass is 10.1. The molecular formula is C12H18O5. The van der Waals surface area contributed by atoms with E-state index in [0.29, 0.717) is 12.3 Å². The SMILES string of the molecule is C=C(COCC(=CCC(C)C)C(=O)O)C(=O)O. The van der Waals surface area contributed by atoms with Crippen LogP contribution in [0.5, 0.6) is 0 Å². The molecule has 0 aliphatic heterocycles. The smallest absolute Gasteiger partial charge is 0.333 e. The maximum Gasteiger partial charge on any atom is 0.333 e. The number of hydrogen-bond acceptors (Lipinski definition) is 3. The summed E-state index contributed by atoms with van der Waals surface area (Å²) in [4.78, 5) is 21.2. The minimum Gasteiger partial charge on any atom is -0.478 e. The van der Waals surface area contributed by atoms with Crippen LogP contribution in [0.15, 0.2) is 23.8 Å². The molecule has 0 aliphatic carbocycles. The van der Waals surface area contributed by atoms with Gasteiger partial charge in [-0.15, -0.1) is 0 Å². The van der Waals surface area contributed by atoms with Gasteiger partial charge < -0.3 is 14.9 Å². The van der Waals surface area contributed by atoms with E-state index in [1.54, 1.807) is 6.08 Å². The summed E-state index contributed by atoms with van der Waals surface area (Å²) in [5.41, 5.74) is 0.0375. The van der Waals surface area contributed by atoms with Gasteiger partial charge in [-0.2, -0.15) is 0 Å². The van der Waals surface area contributed by atoms with Crippen LogP contribution in [0, 0.1) is 5.92 Å². The van der Waals surface area contributed by atoms with Gasteiger partial charge in [0.05, 0.1) is 24.4 Å². The Bertz CT molecular complexity index is 328. The Labute approximate surface area is 100 Å². The number of ether oxygens (including phenoxy) is 1. The van der Waals surface area contributed by atoms with Crippen molar-refractivity contribution >= 4 is 11.9 Å². The Balaban J connectivity index is 4.20. The molecule has 0 aromatic rings. The molecule has 5 heteroatoms. The third-order valence-electron chi connectivity index (χ3n) is 1.95. The topological polar surface area (TPSA) is 83.8 Å². The van der Waals surface area contributed by atoms with E-state index >= 15 is 0 Å². The fourth-order valence-corrected chi connectivity index (χ4v) is 0.932. The molecule has 96 valence electrons. The highest BCUT2D eigenvalue weighted by molar-refractivity contribution is 5.87. The second-order valence-electron chi connectivity index (χ2n) is 4.07. The second-order valence-corrected chi connectivity index (χ2v) is 4.07. The van der Waals surface area contributed by atoms with Crippen LogP contribution >= 0.6 is 0 Å². The highest BCUT2D eigenvalue weighted by Gasteiger charge is 2.09. The van der Waals surface area contributed by atoms with Crippen LogP contribution in [0.3, 0.4) is 0 Å². The van der Waals surface area contributed by atoms with Gasteiger partial charge in [-0.1, -0.05) is 26.5 Å². The van der Waals surface area contributed by atoms with E-state index in [-0.39, 0.29) is 24.4 Å². The zero-order valence-corrected chi connectivity index (χ0v) is 10.1. The maximum absolute atomic E-state index is 10.8. The monoisotopic (exact) mass is 242 g/mol. The first-order valence-corrected chi connectivity index (χ1v) is 5.25. The molecule has 0 unspecified atom stereocenters. The van der Waals surface area contributed by atoms with Gasteiger partial charge >= 0.3 is 11.9 Å². The summed E-state index contributed by atoms with van der Waals surface area (Å²) in [5, 5.41) is 17.4. The van der Waals surface area contributed by atoms with Gasteiger partial charge in [-0.3, -0.25) is 0 Å². The molecule has 5 nitrogen and oxygen atoms in total. The van der Waals surface area contributed by atoms with Crippen LogP contribution in [-0.2, 0) is 14.3 Å². The molecule has 0 aliphatic rings. The fourth-order valence-electron chi connectivity index (χ4n) is 0.932. The fraction of sp³-hybridized carbons (Fsp3) is 0.500. The Hall–Kier alpha value is -1.62. The first kappa shape index (κ1) is 15.4. The maximum atomic E-state index is 10.8. The lowest BCUT2D eigenvalue weighted by Crippen LogP contribution is -2.12. The molecule has 0 fully saturated rings. The van der Waals surface area contributed by atoms with Gasteiger partial charge in [0.1, 0.15) is 0 Å². The van der Waals surface area contributed by atoms with Crippen LogP contribution in [0.2, 0.25) is 0 Å². The molecule has 0 amide bonds. The van der Waals surface area contributed by atoms with Crippen molar-refractivity contribution < 1.29 is 24.5 Å². The molecule has 0 spiro atoms. The van der Waals surface area contributed by atoms with Crippen molar-refractivity contribution in [3.63, 3.8) is 0 Å². The third-order valence-corrected chi connectivity index (χ3v) is 1.95. The summed E-state index contributed by atoms with van der Waals surface area (Å²) in [5.74, 6) is -1.84. The molecule has 0 saturated carbocycles. The molecule has 0 aromatic carbocycles. The van der Waals surface area contributed by atoms with E-state index in [2.05, 4.69) is 6.58 Å². The van der Waals surface area contributed by atoms with Crippen molar-refractivity contribution in [2.24, 2.45) is 5.92 Å². The lowest BCUT2D eigenvalue weighted by molar-refractivity contribution is -0.133. The van der Waals surface area contributed by atoms with Gasteiger partial charge in [0.2, 0.25) is 0 Å². The molecule has 0 aromatic heterocycles. The predicted octanol–water partition coefficient (Wildman–Crippen LogP) is 1.70. The van der Waals surface area contributed by atoms with Crippen LogP contribution in [-0.4, -0.2) is 35.4 Å². The first-order valence-electron chi connectivity index (χ1n) is 5.25. The number of hydrogen-bond donors (Lipinski definition) is 2. The minimum absolute atomic E-state index is 0.0985. The highest BCUT2D eigenvalue weighted by Crippen LogP contribution is 2.06. The second kappa shape index (κ2) is 7.62. The Kier molecular flexibility index (Phi) is 6.89. The van der Waals surface area contributed by atoms with E-state index < -0.39 is 11.9 Å². The van der Waals surface area contributed by atoms with Crippen molar-refractivity contribution in [2.75, 3.05) is 13.2 Å². The van der Waals surface area contributed by atoms with Gasteiger partial charge in [-0.05, 0) is 12.3 Å². The molecule has 0 rings (SSSR count). The quantitative estimate of drug-likeness (QED) is 0.633. The average molecular weight is 242 g/mol. The molecule has 0 saturated heterocycles. The standard InChI is InChI=1S/C12H18O5/c1-8(2)4-5-10(12(15)16)7-17-6-9(3)11(13)14/h5,8H,3-4,6-7H2,1-2H3,(H,13,14)(H,15,16). The third kappa shape index (κ3) is 7.30. The summed E-state index contributed by atoms with van der Waals surface area (Å²) in [7, 11) is 0. The molecule has 0 heterocycles. The molecular weight excluding hydrogens is 224 g/mol. The number of rotatable bonds is 8. The number of aliphatic carboxylic acids is 2. The largest absolute Gasteiger partial charge is 0.478 e. The molecule has 17 heavy (non-hydrogen) atoms. The first-order chi connectivity index (χ1) is 7.84. The van der Waals surface area contributed by atoms with E-state index in [9.17, 15) is 9.59 Å². The minimum atomic E-state index is -1.15. The summed E-state index contributed by atoms with van der Waals surface area (Å²) in [6.45, 7) is 6.93. The summed E-state index contributed by atoms with van der Waals surface area (Å²) < 4.78 is 4.98. The molecule has 0 atom stereocenters. The van der Waals surface area contributed by atoms with Crippen molar-refractivity contribution in [2.45, 2.75) is 20.3 Å². The highest BCUT2D eigenvalue weighted by atomic mass is 16.5. The summed E-state index contributed by atoms with van der Waals surface area (Å²) in [6.07, 6.45) is 2.24. The van der Waals surface area contributed by atoms with Crippen molar-refractivity contribution in [1.29, 1.82) is 0 Å². The van der Waals surface area contributed by atoms with Crippen molar-refractivity contribution in [1.82, 2.24) is 0 Å². The average Bonchev–Trinajstić information content (AvgIpc) is 2.21. The van der Waals surface area contributed by atoms with E-state index in [1.165, 1.54) is 0 Å². The zero-order chi connectivity index (χ0) is 13.4. The van der Waals surface area contributed by atoms with Crippen molar-refractivity contribution in [3.8, 4) is 0 Å². The van der Waals surface area contributed by atoms with Gasteiger partial charge in [0, 0.05) is 0 Å². The number of carboxylic acid groups (broad SMARTS) is 2. The summed E-state index contributed by atoms with van der Waals surface area (Å²) >= 11 is 0. The Morgan fingerprint density at radius 3 is 2.24 bits per heavy atom. The number of carboxylic acids is 2. The molecule has 0 radical (unpaired) electrons.